The van der Waals surface area contributed by atoms with E-state index in [9.17, 15) is 9.18 Å². The van der Waals surface area contributed by atoms with Gasteiger partial charge in [-0.2, -0.15) is 0 Å². The first-order valence-corrected chi connectivity index (χ1v) is 9.31. The normalized spacial score (nSPS) is 13.5. The average molecular weight is 364 g/mol. The number of thiophene rings is 1. The lowest BCUT2D eigenvalue weighted by atomic mass is 10.1. The number of nitrogens with zero attached hydrogens (tertiary/aromatic N) is 2. The van der Waals surface area contributed by atoms with Crippen LogP contribution in [0.4, 0.5) is 9.18 Å². The highest BCUT2D eigenvalue weighted by Gasteiger charge is 2.22. The zero-order valence-corrected chi connectivity index (χ0v) is 16.0. The molecule has 0 aliphatic rings. The summed E-state index contributed by atoms with van der Waals surface area (Å²) in [5.74, 6) is -0.270. The Morgan fingerprint density at radius 3 is 2.44 bits per heavy atom. The molecule has 6 heteroatoms. The Morgan fingerprint density at radius 2 is 1.92 bits per heavy atom. The number of hydrogen-bond donors (Lipinski definition) is 1. The minimum absolute atomic E-state index is 0.109. The van der Waals surface area contributed by atoms with Gasteiger partial charge in [0.05, 0.1) is 12.1 Å². The van der Waals surface area contributed by atoms with Crippen molar-refractivity contribution in [3.05, 3.63) is 58.0 Å². The highest BCUT2D eigenvalue weighted by atomic mass is 32.1. The Morgan fingerprint density at radius 1 is 1.24 bits per heavy atom. The highest BCUT2D eigenvalue weighted by Crippen LogP contribution is 2.23. The van der Waals surface area contributed by atoms with E-state index < -0.39 is 0 Å². The number of carbonyl (C=O) groups is 1. The minimum Gasteiger partial charge on any atom is -0.336 e. The summed E-state index contributed by atoms with van der Waals surface area (Å²) in [6, 6.07) is 10.3. The molecule has 4 nitrogen and oxygen atoms in total. The third-order valence-corrected chi connectivity index (χ3v) is 5.34. The first kappa shape index (κ1) is 19.4. The van der Waals surface area contributed by atoms with Gasteiger partial charge in [-0.05, 0) is 57.1 Å². The van der Waals surface area contributed by atoms with Gasteiger partial charge in [-0.25, -0.2) is 9.18 Å². The monoisotopic (exact) mass is 363 g/mol. The molecule has 2 amide bonds. The maximum Gasteiger partial charge on any atom is 0.317 e. The molecule has 1 aromatic carbocycles. The molecule has 0 saturated carbocycles. The van der Waals surface area contributed by atoms with E-state index in [0.717, 1.165) is 5.56 Å². The van der Waals surface area contributed by atoms with Crippen LogP contribution in [0.5, 0.6) is 0 Å². The zero-order chi connectivity index (χ0) is 18.4. The molecule has 25 heavy (non-hydrogen) atoms. The second kappa shape index (κ2) is 8.97. The molecule has 0 aliphatic heterocycles. The number of urea groups is 1. The van der Waals surface area contributed by atoms with Crippen molar-refractivity contribution in [2.75, 3.05) is 27.2 Å². The number of likely N-dealkylation sites (N-methyl/N-ethyl adjacent to an activating group) is 1. The van der Waals surface area contributed by atoms with Crippen LogP contribution in [0.1, 0.15) is 36.4 Å². The Labute approximate surface area is 153 Å². The van der Waals surface area contributed by atoms with E-state index in [0.29, 0.717) is 13.1 Å². The van der Waals surface area contributed by atoms with Crippen LogP contribution < -0.4 is 5.32 Å². The zero-order valence-electron chi connectivity index (χ0n) is 15.2. The lowest BCUT2D eigenvalue weighted by molar-refractivity contribution is 0.178. The van der Waals surface area contributed by atoms with Gasteiger partial charge in [0, 0.05) is 18.0 Å². The van der Waals surface area contributed by atoms with E-state index in [1.54, 1.807) is 28.4 Å². The van der Waals surface area contributed by atoms with Gasteiger partial charge in [-0.1, -0.05) is 18.2 Å². The van der Waals surface area contributed by atoms with Crippen LogP contribution in [0.25, 0.3) is 0 Å². The predicted octanol–water partition coefficient (Wildman–Crippen LogP) is 4.28. The van der Waals surface area contributed by atoms with Gasteiger partial charge in [-0.3, -0.25) is 0 Å². The molecule has 0 spiro atoms. The van der Waals surface area contributed by atoms with Crippen LogP contribution in [0, 0.1) is 5.82 Å². The largest absolute Gasteiger partial charge is 0.336 e. The van der Waals surface area contributed by atoms with Crippen molar-refractivity contribution in [1.82, 2.24) is 15.1 Å². The molecule has 0 saturated heterocycles. The van der Waals surface area contributed by atoms with Gasteiger partial charge in [0.15, 0.2) is 0 Å². The van der Waals surface area contributed by atoms with Gasteiger partial charge in [-0.15, -0.1) is 11.3 Å². The van der Waals surface area contributed by atoms with Crippen molar-refractivity contribution in [3.8, 4) is 0 Å². The molecule has 2 aromatic rings. The first-order valence-electron chi connectivity index (χ1n) is 8.43. The van der Waals surface area contributed by atoms with Gasteiger partial charge >= 0.3 is 6.03 Å². The average Bonchev–Trinajstić information content (AvgIpc) is 3.10. The van der Waals surface area contributed by atoms with Crippen LogP contribution in [0.3, 0.4) is 0 Å². The van der Waals surface area contributed by atoms with Crippen molar-refractivity contribution in [3.63, 3.8) is 0 Å². The molecule has 2 rings (SSSR count). The predicted molar refractivity (Wildman–Crippen MR) is 101 cm³/mol. The van der Waals surface area contributed by atoms with E-state index in [4.69, 9.17) is 0 Å². The summed E-state index contributed by atoms with van der Waals surface area (Å²) in [4.78, 5) is 17.8. The van der Waals surface area contributed by atoms with Crippen molar-refractivity contribution < 1.29 is 9.18 Å². The number of hydrogen-bond acceptors (Lipinski definition) is 3. The molecule has 0 bridgehead atoms. The number of amides is 2. The van der Waals surface area contributed by atoms with E-state index in [2.05, 4.69) is 16.3 Å². The molecule has 1 heterocycles. The Kier molecular flexibility index (Phi) is 6.96. The SMILES string of the molecule is CCN(C(=O)NCC(c1cccs1)N(C)C)C(C)c1ccc(F)cc1. The molecular formula is C19H26FN3OS. The summed E-state index contributed by atoms with van der Waals surface area (Å²) in [6.07, 6.45) is 0. The number of carbonyl (C=O) groups excluding carboxylic acids is 1. The second-order valence-electron chi connectivity index (χ2n) is 6.19. The number of halogens is 1. The Bertz CT molecular complexity index is 658. The van der Waals surface area contributed by atoms with Crippen LogP contribution >= 0.6 is 11.3 Å². The molecule has 0 radical (unpaired) electrons. The van der Waals surface area contributed by atoms with Crippen LogP contribution in [-0.2, 0) is 0 Å². The molecule has 2 unspecified atom stereocenters. The smallest absolute Gasteiger partial charge is 0.317 e. The number of nitrogens with one attached hydrogen (secondary N) is 1. The van der Waals surface area contributed by atoms with Crippen LogP contribution in [-0.4, -0.2) is 43.0 Å². The fourth-order valence-corrected chi connectivity index (χ4v) is 3.74. The fourth-order valence-electron chi connectivity index (χ4n) is 2.82. The molecule has 136 valence electrons. The summed E-state index contributed by atoms with van der Waals surface area (Å²) < 4.78 is 13.1. The summed E-state index contributed by atoms with van der Waals surface area (Å²) >= 11 is 1.69. The lowest BCUT2D eigenvalue weighted by Crippen LogP contribution is -2.44. The van der Waals surface area contributed by atoms with Crippen LogP contribution in [0.2, 0.25) is 0 Å². The van der Waals surface area contributed by atoms with Gasteiger partial charge in [0.1, 0.15) is 5.82 Å². The third-order valence-electron chi connectivity index (χ3n) is 4.36. The van der Waals surface area contributed by atoms with Crippen molar-refractivity contribution in [1.29, 1.82) is 0 Å². The third kappa shape index (κ3) is 5.03. The van der Waals surface area contributed by atoms with Gasteiger partial charge < -0.3 is 15.1 Å². The Balaban J connectivity index is 2.02. The molecule has 0 fully saturated rings. The number of rotatable bonds is 7. The van der Waals surface area contributed by atoms with E-state index in [-0.39, 0.29) is 23.9 Å². The van der Waals surface area contributed by atoms with Crippen molar-refractivity contribution >= 4 is 17.4 Å². The van der Waals surface area contributed by atoms with E-state index in [1.807, 2.05) is 39.4 Å². The highest BCUT2D eigenvalue weighted by molar-refractivity contribution is 7.10. The van der Waals surface area contributed by atoms with Crippen molar-refractivity contribution in [2.24, 2.45) is 0 Å². The standard InChI is InChI=1S/C19H26FN3OS/c1-5-23(14(2)15-8-10-16(20)11-9-15)19(24)21-13-17(22(3)4)18-7-6-12-25-18/h6-12,14,17H,5,13H2,1-4H3,(H,21,24). The first-order chi connectivity index (χ1) is 11.9. The molecular weight excluding hydrogens is 337 g/mol. The number of benzene rings is 1. The molecule has 2 atom stereocenters. The lowest BCUT2D eigenvalue weighted by Gasteiger charge is -2.30. The maximum atomic E-state index is 13.1. The minimum atomic E-state index is -0.270. The van der Waals surface area contributed by atoms with Crippen molar-refractivity contribution in [2.45, 2.75) is 25.9 Å². The van der Waals surface area contributed by atoms with E-state index >= 15 is 0 Å². The second-order valence-corrected chi connectivity index (χ2v) is 7.17. The Hall–Kier alpha value is -1.92. The summed E-state index contributed by atoms with van der Waals surface area (Å²) in [5.41, 5.74) is 0.917. The van der Waals surface area contributed by atoms with Crippen LogP contribution in [0.15, 0.2) is 41.8 Å². The molecule has 0 aliphatic carbocycles. The quantitative estimate of drug-likeness (QED) is 0.797. The van der Waals surface area contributed by atoms with Gasteiger partial charge in [0.2, 0.25) is 0 Å². The topological polar surface area (TPSA) is 35.6 Å². The van der Waals surface area contributed by atoms with Gasteiger partial charge in [0.25, 0.3) is 0 Å². The fraction of sp³-hybridized carbons (Fsp3) is 0.421. The van der Waals surface area contributed by atoms with E-state index in [1.165, 1.54) is 17.0 Å². The summed E-state index contributed by atoms with van der Waals surface area (Å²) in [7, 11) is 4.02. The summed E-state index contributed by atoms with van der Waals surface area (Å²) in [5, 5.41) is 5.09. The molecule has 1 aromatic heterocycles. The molecule has 1 N–H and O–H groups in total. The maximum absolute atomic E-state index is 13.1. The summed E-state index contributed by atoms with van der Waals surface area (Å²) in [6.45, 7) is 5.02.